The lowest BCUT2D eigenvalue weighted by molar-refractivity contribution is -0.120. The fourth-order valence-corrected chi connectivity index (χ4v) is 2.97. The van der Waals surface area contributed by atoms with Crippen LogP contribution in [-0.2, 0) is 9.59 Å². The van der Waals surface area contributed by atoms with Gasteiger partial charge in [-0.15, -0.1) is 0 Å². The quantitative estimate of drug-likeness (QED) is 0.675. The summed E-state index contributed by atoms with van der Waals surface area (Å²) in [5, 5.41) is 5.48. The number of hydrogen-bond acceptors (Lipinski definition) is 3. The first-order chi connectivity index (χ1) is 13.8. The molecule has 0 spiro atoms. The van der Waals surface area contributed by atoms with Gasteiger partial charge in [0, 0.05) is 25.7 Å². The molecule has 3 amide bonds. The monoisotopic (exact) mass is 413 g/mol. The molecule has 0 aliphatic rings. The van der Waals surface area contributed by atoms with E-state index in [4.69, 9.17) is 11.6 Å². The van der Waals surface area contributed by atoms with E-state index in [1.165, 1.54) is 13.0 Å². The molecule has 0 saturated heterocycles. The zero-order chi connectivity index (χ0) is 21.4. The van der Waals surface area contributed by atoms with Crippen molar-refractivity contribution in [2.45, 2.75) is 20.8 Å². The van der Waals surface area contributed by atoms with Gasteiger partial charge in [-0.25, -0.2) is 0 Å². The van der Waals surface area contributed by atoms with E-state index in [1.807, 2.05) is 44.2 Å². The summed E-state index contributed by atoms with van der Waals surface area (Å²) >= 11 is 6.28. The fourth-order valence-electron chi connectivity index (χ4n) is 2.71. The zero-order valence-electron chi connectivity index (χ0n) is 16.7. The lowest BCUT2D eigenvalue weighted by Gasteiger charge is -2.19. The van der Waals surface area contributed by atoms with Crippen LogP contribution in [0, 0.1) is 0 Å². The largest absolute Gasteiger partial charge is 0.339 e. The molecule has 2 aromatic rings. The first-order valence-electron chi connectivity index (χ1n) is 9.30. The summed E-state index contributed by atoms with van der Waals surface area (Å²) in [6, 6.07) is 13.9. The first kappa shape index (κ1) is 22.2. The number of carbonyl (C=O) groups excluding carboxylic acids is 3. The highest BCUT2D eigenvalue weighted by molar-refractivity contribution is 6.34. The van der Waals surface area contributed by atoms with Crippen LogP contribution >= 0.6 is 11.6 Å². The molecule has 0 aromatic heterocycles. The predicted molar refractivity (Wildman–Crippen MR) is 116 cm³/mol. The number of nitrogens with one attached hydrogen (secondary N) is 2. The number of nitrogens with zero attached hydrogens (tertiary/aromatic N) is 1. The Morgan fingerprint density at radius 1 is 1.03 bits per heavy atom. The summed E-state index contributed by atoms with van der Waals surface area (Å²) in [5.74, 6) is -1.02. The van der Waals surface area contributed by atoms with Crippen molar-refractivity contribution < 1.29 is 14.4 Å². The maximum Gasteiger partial charge on any atom is 0.272 e. The summed E-state index contributed by atoms with van der Waals surface area (Å²) in [4.78, 5) is 38.3. The number of anilines is 1. The van der Waals surface area contributed by atoms with Crippen LogP contribution in [0.15, 0.2) is 54.2 Å². The molecule has 2 N–H and O–H groups in total. The molecule has 6 nitrogen and oxygen atoms in total. The van der Waals surface area contributed by atoms with Crippen LogP contribution in [0.3, 0.4) is 0 Å². The van der Waals surface area contributed by atoms with Crippen LogP contribution in [0.5, 0.6) is 0 Å². The Morgan fingerprint density at radius 3 is 2.24 bits per heavy atom. The third-order valence-corrected chi connectivity index (χ3v) is 4.49. The molecule has 2 aromatic carbocycles. The van der Waals surface area contributed by atoms with Gasteiger partial charge >= 0.3 is 0 Å². The van der Waals surface area contributed by atoms with E-state index in [0.29, 0.717) is 24.3 Å². The van der Waals surface area contributed by atoms with Gasteiger partial charge in [0.05, 0.1) is 10.6 Å². The summed E-state index contributed by atoms with van der Waals surface area (Å²) in [6.45, 7) is 6.28. The molecule has 0 saturated carbocycles. The number of carbonyl (C=O) groups is 3. The average molecular weight is 414 g/mol. The van der Waals surface area contributed by atoms with Crippen molar-refractivity contribution in [3.05, 3.63) is 70.4 Å². The Hall–Kier alpha value is -3.12. The highest BCUT2D eigenvalue weighted by atomic mass is 35.5. The van der Waals surface area contributed by atoms with Crippen LogP contribution in [0.25, 0.3) is 6.08 Å². The van der Waals surface area contributed by atoms with Crippen molar-refractivity contribution in [3.8, 4) is 0 Å². The van der Waals surface area contributed by atoms with Crippen LogP contribution < -0.4 is 10.6 Å². The van der Waals surface area contributed by atoms with Gasteiger partial charge in [-0.05, 0) is 43.7 Å². The maximum absolute atomic E-state index is 12.7. The van der Waals surface area contributed by atoms with Crippen LogP contribution in [0.4, 0.5) is 5.69 Å². The second kappa shape index (κ2) is 10.4. The molecule has 152 valence electrons. The second-order valence-corrected chi connectivity index (χ2v) is 6.68. The Balaban J connectivity index is 2.23. The fraction of sp³-hybridized carbons (Fsp3) is 0.227. The zero-order valence-corrected chi connectivity index (χ0v) is 17.4. The lowest BCUT2D eigenvalue weighted by atomic mass is 10.1. The van der Waals surface area contributed by atoms with Crippen LogP contribution in [-0.4, -0.2) is 35.7 Å². The smallest absolute Gasteiger partial charge is 0.272 e. The molecule has 0 unspecified atom stereocenters. The number of benzene rings is 2. The van der Waals surface area contributed by atoms with Gasteiger partial charge in [-0.2, -0.15) is 0 Å². The molecule has 0 bridgehead atoms. The molecule has 0 aliphatic heterocycles. The third-order valence-electron chi connectivity index (χ3n) is 4.17. The molecule has 29 heavy (non-hydrogen) atoms. The van der Waals surface area contributed by atoms with Crippen LogP contribution in [0.1, 0.15) is 36.7 Å². The third kappa shape index (κ3) is 6.19. The van der Waals surface area contributed by atoms with E-state index < -0.39 is 5.91 Å². The van der Waals surface area contributed by atoms with Gasteiger partial charge in [-0.3, -0.25) is 14.4 Å². The van der Waals surface area contributed by atoms with Gasteiger partial charge in [0.15, 0.2) is 0 Å². The molecular weight excluding hydrogens is 390 g/mol. The van der Waals surface area contributed by atoms with Crippen molar-refractivity contribution in [1.29, 1.82) is 0 Å². The summed E-state index contributed by atoms with van der Waals surface area (Å²) in [6.07, 6.45) is 1.58. The van der Waals surface area contributed by atoms with Crippen molar-refractivity contribution >= 4 is 41.1 Å². The summed E-state index contributed by atoms with van der Waals surface area (Å²) in [7, 11) is 0. The Morgan fingerprint density at radius 2 is 1.69 bits per heavy atom. The van der Waals surface area contributed by atoms with E-state index in [2.05, 4.69) is 10.6 Å². The molecular formula is C22H24ClN3O3. The van der Waals surface area contributed by atoms with E-state index >= 15 is 0 Å². The minimum Gasteiger partial charge on any atom is -0.339 e. The number of halogens is 1. The summed E-state index contributed by atoms with van der Waals surface area (Å²) in [5.41, 5.74) is 1.66. The van der Waals surface area contributed by atoms with Crippen molar-refractivity contribution in [3.63, 3.8) is 0 Å². The lowest BCUT2D eigenvalue weighted by Crippen LogP contribution is -2.31. The average Bonchev–Trinajstić information content (AvgIpc) is 2.69. The Bertz CT molecular complexity index is 922. The van der Waals surface area contributed by atoms with Gasteiger partial charge < -0.3 is 15.5 Å². The molecule has 7 heteroatoms. The van der Waals surface area contributed by atoms with Crippen molar-refractivity contribution in [2.75, 3.05) is 18.4 Å². The topological polar surface area (TPSA) is 78.5 Å². The van der Waals surface area contributed by atoms with Crippen LogP contribution in [0.2, 0.25) is 5.02 Å². The minimum atomic E-state index is -0.497. The maximum atomic E-state index is 12.7. The van der Waals surface area contributed by atoms with Crippen molar-refractivity contribution in [2.24, 2.45) is 0 Å². The van der Waals surface area contributed by atoms with Gasteiger partial charge in [-0.1, -0.05) is 41.9 Å². The molecule has 2 rings (SSSR count). The second-order valence-electron chi connectivity index (χ2n) is 6.28. The van der Waals surface area contributed by atoms with Gasteiger partial charge in [0.2, 0.25) is 5.91 Å². The number of hydrogen-bond donors (Lipinski definition) is 2. The Labute approximate surface area is 175 Å². The molecule has 0 aliphatic carbocycles. The minimum absolute atomic E-state index is 0.100. The molecule has 0 fully saturated rings. The Kier molecular flexibility index (Phi) is 7.98. The molecule has 0 atom stereocenters. The molecule has 0 heterocycles. The summed E-state index contributed by atoms with van der Waals surface area (Å²) < 4.78 is 0. The SMILES string of the molecule is CCN(CC)C(=O)c1ccc(NC(=O)/C(=C/c2ccccc2)NC(C)=O)cc1Cl. The van der Waals surface area contributed by atoms with E-state index in [1.54, 1.807) is 23.1 Å². The first-order valence-corrected chi connectivity index (χ1v) is 9.68. The number of rotatable bonds is 7. The van der Waals surface area contributed by atoms with Crippen molar-refractivity contribution in [1.82, 2.24) is 10.2 Å². The van der Waals surface area contributed by atoms with Gasteiger partial charge in [0.25, 0.3) is 11.8 Å². The normalized spacial score (nSPS) is 11.0. The highest BCUT2D eigenvalue weighted by Crippen LogP contribution is 2.23. The number of amides is 3. The van der Waals surface area contributed by atoms with Gasteiger partial charge in [0.1, 0.15) is 5.70 Å². The highest BCUT2D eigenvalue weighted by Gasteiger charge is 2.17. The van der Waals surface area contributed by atoms with E-state index in [-0.39, 0.29) is 22.5 Å². The van der Waals surface area contributed by atoms with E-state index in [9.17, 15) is 14.4 Å². The van der Waals surface area contributed by atoms with E-state index in [0.717, 1.165) is 5.56 Å². The standard InChI is InChI=1S/C22H24ClN3O3/c1-4-26(5-2)22(29)18-12-11-17(14-19(18)23)25-21(28)20(24-15(3)27)13-16-9-7-6-8-10-16/h6-14H,4-5H2,1-3H3,(H,24,27)(H,25,28)/b20-13-. The predicted octanol–water partition coefficient (Wildman–Crippen LogP) is 3.94. The molecule has 0 radical (unpaired) electrons.